The van der Waals surface area contributed by atoms with Crippen molar-refractivity contribution in [3.63, 3.8) is 0 Å². The molecule has 0 saturated carbocycles. The van der Waals surface area contributed by atoms with Crippen LogP contribution in [0.2, 0.25) is 0 Å². The summed E-state index contributed by atoms with van der Waals surface area (Å²) in [6, 6.07) is 5.08. The molecular weight excluding hydrogens is 271 g/mol. The van der Waals surface area contributed by atoms with Gasteiger partial charge in [0.1, 0.15) is 5.52 Å². The second-order valence-electron chi connectivity index (χ2n) is 4.63. The van der Waals surface area contributed by atoms with Gasteiger partial charge < -0.3 is 10.2 Å². The Labute approximate surface area is 114 Å². The standard InChI is InChI=1S/C13H16F3N3O/c1-2-6-19(8-13(14,15)16)7-11-18-12-9(17)4-3-5-10(12)20-11/h3-5H,2,6-8,17H2,1H3. The lowest BCUT2D eigenvalue weighted by molar-refractivity contribution is -0.147. The first-order chi connectivity index (χ1) is 9.39. The molecule has 0 spiro atoms. The molecule has 0 radical (unpaired) electrons. The number of halogens is 3. The Kier molecular flexibility index (Phi) is 4.17. The summed E-state index contributed by atoms with van der Waals surface area (Å²) in [7, 11) is 0. The molecular formula is C13H16F3N3O. The molecule has 0 aliphatic heterocycles. The number of nitrogen functional groups attached to an aromatic ring is 1. The average Bonchev–Trinajstić information content (AvgIpc) is 2.71. The maximum absolute atomic E-state index is 12.5. The van der Waals surface area contributed by atoms with Crippen LogP contribution in [0.3, 0.4) is 0 Å². The predicted octanol–water partition coefficient (Wildman–Crippen LogP) is 3.18. The van der Waals surface area contributed by atoms with Crippen LogP contribution in [-0.2, 0) is 6.54 Å². The van der Waals surface area contributed by atoms with Crippen LogP contribution in [0.1, 0.15) is 19.2 Å². The second kappa shape index (κ2) is 5.70. The van der Waals surface area contributed by atoms with Gasteiger partial charge in [-0.3, -0.25) is 4.90 Å². The van der Waals surface area contributed by atoms with Crippen molar-refractivity contribution in [2.75, 3.05) is 18.8 Å². The van der Waals surface area contributed by atoms with Crippen LogP contribution in [0.25, 0.3) is 11.1 Å². The molecule has 0 amide bonds. The molecule has 0 bridgehead atoms. The van der Waals surface area contributed by atoms with Gasteiger partial charge in [0.25, 0.3) is 0 Å². The molecule has 0 aliphatic rings. The van der Waals surface area contributed by atoms with E-state index in [1.165, 1.54) is 4.90 Å². The molecule has 0 atom stereocenters. The molecule has 1 aromatic heterocycles. The van der Waals surface area contributed by atoms with Crippen molar-refractivity contribution in [1.82, 2.24) is 9.88 Å². The van der Waals surface area contributed by atoms with Crippen molar-refractivity contribution < 1.29 is 17.6 Å². The largest absolute Gasteiger partial charge is 0.439 e. The number of alkyl halides is 3. The number of aromatic nitrogens is 1. The highest BCUT2D eigenvalue weighted by atomic mass is 19.4. The van der Waals surface area contributed by atoms with E-state index in [4.69, 9.17) is 10.2 Å². The van der Waals surface area contributed by atoms with Gasteiger partial charge in [-0.2, -0.15) is 13.2 Å². The summed E-state index contributed by atoms with van der Waals surface area (Å²) < 4.78 is 42.9. The Balaban J connectivity index is 2.18. The van der Waals surface area contributed by atoms with E-state index in [9.17, 15) is 13.2 Å². The van der Waals surface area contributed by atoms with Gasteiger partial charge in [-0.1, -0.05) is 13.0 Å². The zero-order chi connectivity index (χ0) is 14.8. The van der Waals surface area contributed by atoms with Crippen molar-refractivity contribution in [2.24, 2.45) is 0 Å². The molecule has 20 heavy (non-hydrogen) atoms. The fraction of sp³-hybridized carbons (Fsp3) is 0.462. The van der Waals surface area contributed by atoms with E-state index in [0.717, 1.165) is 0 Å². The molecule has 2 aromatic rings. The summed E-state index contributed by atoms with van der Waals surface area (Å²) in [4.78, 5) is 5.43. The van der Waals surface area contributed by atoms with E-state index in [1.54, 1.807) is 18.2 Å². The lowest BCUT2D eigenvalue weighted by Gasteiger charge is -2.21. The van der Waals surface area contributed by atoms with Crippen LogP contribution in [-0.4, -0.2) is 29.1 Å². The highest BCUT2D eigenvalue weighted by Gasteiger charge is 2.31. The summed E-state index contributed by atoms with van der Waals surface area (Å²) in [6.45, 7) is 1.19. The average molecular weight is 287 g/mol. The van der Waals surface area contributed by atoms with Crippen molar-refractivity contribution in [2.45, 2.75) is 26.1 Å². The van der Waals surface area contributed by atoms with E-state index in [0.29, 0.717) is 29.8 Å². The summed E-state index contributed by atoms with van der Waals surface area (Å²) in [5.41, 5.74) is 7.18. The first-order valence-electron chi connectivity index (χ1n) is 6.32. The van der Waals surface area contributed by atoms with E-state index >= 15 is 0 Å². The van der Waals surface area contributed by atoms with Crippen molar-refractivity contribution in [3.05, 3.63) is 24.1 Å². The number of nitrogens with two attached hydrogens (primary N) is 1. The molecule has 0 fully saturated rings. The van der Waals surface area contributed by atoms with E-state index in [-0.39, 0.29) is 12.4 Å². The minimum Gasteiger partial charge on any atom is -0.439 e. The van der Waals surface area contributed by atoms with Crippen molar-refractivity contribution in [1.29, 1.82) is 0 Å². The van der Waals surface area contributed by atoms with E-state index < -0.39 is 12.7 Å². The SMILES string of the molecule is CCCN(Cc1nc2c(N)cccc2o1)CC(F)(F)F. The Hall–Kier alpha value is -1.76. The molecule has 0 saturated heterocycles. The lowest BCUT2D eigenvalue weighted by Crippen LogP contribution is -2.34. The van der Waals surface area contributed by atoms with Gasteiger partial charge in [-0.25, -0.2) is 4.98 Å². The third-order valence-corrected chi connectivity index (χ3v) is 2.80. The highest BCUT2D eigenvalue weighted by molar-refractivity contribution is 5.85. The zero-order valence-electron chi connectivity index (χ0n) is 11.1. The minimum absolute atomic E-state index is 0.0153. The van der Waals surface area contributed by atoms with Gasteiger partial charge in [0, 0.05) is 0 Å². The maximum atomic E-state index is 12.5. The second-order valence-corrected chi connectivity index (χ2v) is 4.63. The highest BCUT2D eigenvalue weighted by Crippen LogP contribution is 2.23. The number of oxazole rings is 1. The molecule has 7 heteroatoms. The van der Waals surface area contributed by atoms with Gasteiger partial charge in [0.2, 0.25) is 5.89 Å². The Bertz CT molecular complexity index is 580. The number of benzene rings is 1. The molecule has 2 rings (SSSR count). The number of anilines is 1. The summed E-state index contributed by atoms with van der Waals surface area (Å²) in [5.74, 6) is 0.246. The Morgan fingerprint density at radius 3 is 2.70 bits per heavy atom. The van der Waals surface area contributed by atoms with Crippen LogP contribution < -0.4 is 5.73 Å². The Morgan fingerprint density at radius 1 is 1.35 bits per heavy atom. The first kappa shape index (κ1) is 14.6. The monoisotopic (exact) mass is 287 g/mol. The topological polar surface area (TPSA) is 55.3 Å². The van der Waals surface area contributed by atoms with Gasteiger partial charge in [0.15, 0.2) is 5.58 Å². The quantitative estimate of drug-likeness (QED) is 0.858. The number of para-hydroxylation sites is 1. The fourth-order valence-corrected chi connectivity index (χ4v) is 2.06. The van der Waals surface area contributed by atoms with Crippen LogP contribution in [0.4, 0.5) is 18.9 Å². The first-order valence-corrected chi connectivity index (χ1v) is 6.32. The van der Waals surface area contributed by atoms with Crippen LogP contribution in [0.15, 0.2) is 22.6 Å². The number of fused-ring (bicyclic) bond motifs is 1. The van der Waals surface area contributed by atoms with Crippen LogP contribution in [0, 0.1) is 0 Å². The van der Waals surface area contributed by atoms with Crippen LogP contribution in [0.5, 0.6) is 0 Å². The van der Waals surface area contributed by atoms with Gasteiger partial charge in [-0.05, 0) is 25.1 Å². The molecule has 0 unspecified atom stereocenters. The summed E-state index contributed by atoms with van der Waals surface area (Å²) in [6.07, 6.45) is -3.61. The van der Waals surface area contributed by atoms with Crippen molar-refractivity contribution in [3.8, 4) is 0 Å². The number of rotatable bonds is 5. The number of hydrogen-bond acceptors (Lipinski definition) is 4. The fourth-order valence-electron chi connectivity index (χ4n) is 2.06. The molecule has 0 aliphatic carbocycles. The van der Waals surface area contributed by atoms with Crippen molar-refractivity contribution >= 4 is 16.8 Å². The minimum atomic E-state index is -4.24. The molecule has 4 nitrogen and oxygen atoms in total. The normalized spacial score (nSPS) is 12.4. The zero-order valence-corrected chi connectivity index (χ0v) is 11.1. The molecule has 1 aromatic carbocycles. The Morgan fingerprint density at radius 2 is 2.10 bits per heavy atom. The smallest absolute Gasteiger partial charge is 0.401 e. The van der Waals surface area contributed by atoms with E-state index in [1.807, 2.05) is 6.92 Å². The molecule has 1 heterocycles. The van der Waals surface area contributed by atoms with Crippen LogP contribution >= 0.6 is 0 Å². The van der Waals surface area contributed by atoms with E-state index in [2.05, 4.69) is 4.98 Å². The summed E-state index contributed by atoms with van der Waals surface area (Å²) in [5, 5.41) is 0. The molecule has 110 valence electrons. The number of hydrogen-bond donors (Lipinski definition) is 1. The predicted molar refractivity (Wildman–Crippen MR) is 70.0 cm³/mol. The number of nitrogens with zero attached hydrogens (tertiary/aromatic N) is 2. The van der Waals surface area contributed by atoms with Gasteiger partial charge in [0.05, 0.1) is 18.8 Å². The third kappa shape index (κ3) is 3.63. The van der Waals surface area contributed by atoms with Gasteiger partial charge >= 0.3 is 6.18 Å². The maximum Gasteiger partial charge on any atom is 0.401 e. The van der Waals surface area contributed by atoms with Gasteiger partial charge in [-0.15, -0.1) is 0 Å². The lowest BCUT2D eigenvalue weighted by atomic mass is 10.3. The third-order valence-electron chi connectivity index (χ3n) is 2.80. The molecule has 2 N–H and O–H groups in total. The summed E-state index contributed by atoms with van der Waals surface area (Å²) >= 11 is 0.